The molecular weight excluding hydrogens is 133 g/mol. The Morgan fingerprint density at radius 3 is 2.00 bits per heavy atom. The average Bonchev–Trinajstić information content (AvgIpc) is 1.90. The van der Waals surface area contributed by atoms with Gasteiger partial charge in [0.15, 0.2) is 0 Å². The third kappa shape index (κ3) is 2.14. The molecule has 0 bridgehead atoms. The Hall–Kier alpha value is -0.905. The van der Waals surface area contributed by atoms with Gasteiger partial charge in [-0.05, 0) is 17.6 Å². The fraction of sp³-hybridized carbons (Fsp3) is 0. The van der Waals surface area contributed by atoms with E-state index < -0.39 is 7.12 Å². The normalized spacial score (nSPS) is 8.20. The molecule has 0 spiro atoms. The highest BCUT2D eigenvalue weighted by Crippen LogP contribution is 1.77. The van der Waals surface area contributed by atoms with Crippen LogP contribution in [0.15, 0.2) is 24.5 Å². The monoisotopic (exact) mass is 141 g/mol. The fourth-order valence-corrected chi connectivity index (χ4v) is 0.536. The van der Waals surface area contributed by atoms with Gasteiger partial charge in [0, 0.05) is 12.4 Å². The molecular formula is C5H8BNO3. The van der Waals surface area contributed by atoms with Crippen molar-refractivity contribution < 1.29 is 15.5 Å². The molecule has 0 atom stereocenters. The number of rotatable bonds is 1. The van der Waals surface area contributed by atoms with Crippen LogP contribution in [0.5, 0.6) is 0 Å². The lowest BCUT2D eigenvalue weighted by Gasteiger charge is -1.93. The van der Waals surface area contributed by atoms with Gasteiger partial charge in [-0.2, -0.15) is 0 Å². The van der Waals surface area contributed by atoms with Crippen molar-refractivity contribution in [1.29, 1.82) is 0 Å². The molecule has 0 radical (unpaired) electrons. The summed E-state index contributed by atoms with van der Waals surface area (Å²) in [5.41, 5.74) is 0.463. The second kappa shape index (κ2) is 4.00. The van der Waals surface area contributed by atoms with Gasteiger partial charge in [0.25, 0.3) is 0 Å². The molecule has 4 N–H and O–H groups in total. The molecule has 4 nitrogen and oxygen atoms in total. The lowest BCUT2D eigenvalue weighted by molar-refractivity contribution is 0.425. The van der Waals surface area contributed by atoms with Gasteiger partial charge < -0.3 is 15.5 Å². The molecule has 0 fully saturated rings. The van der Waals surface area contributed by atoms with Gasteiger partial charge in [-0.15, -0.1) is 0 Å². The zero-order chi connectivity index (χ0) is 6.69. The molecule has 0 aliphatic heterocycles. The van der Waals surface area contributed by atoms with Crippen molar-refractivity contribution in [3.05, 3.63) is 24.5 Å². The smallest absolute Gasteiger partial charge is 0.423 e. The highest BCUT2D eigenvalue weighted by Gasteiger charge is 2.07. The predicted molar refractivity (Wildman–Crippen MR) is 37.7 cm³/mol. The maximum Gasteiger partial charge on any atom is 0.488 e. The van der Waals surface area contributed by atoms with E-state index in [0.29, 0.717) is 5.46 Å². The molecule has 5 heteroatoms. The third-order valence-corrected chi connectivity index (χ3v) is 1.00. The lowest BCUT2D eigenvalue weighted by atomic mass is 9.81. The van der Waals surface area contributed by atoms with E-state index in [2.05, 4.69) is 4.98 Å². The molecule has 1 aromatic rings. The Bertz CT molecular complexity index is 180. The second-order valence-corrected chi connectivity index (χ2v) is 1.65. The van der Waals surface area contributed by atoms with Gasteiger partial charge in [-0.3, -0.25) is 4.98 Å². The van der Waals surface area contributed by atoms with Gasteiger partial charge >= 0.3 is 7.12 Å². The van der Waals surface area contributed by atoms with E-state index in [-0.39, 0.29) is 5.48 Å². The Labute approximate surface area is 58.6 Å². The molecule has 0 aliphatic carbocycles. The SMILES string of the molecule is O.OB(O)c1ccncc1. The van der Waals surface area contributed by atoms with Crippen molar-refractivity contribution in [2.45, 2.75) is 0 Å². The van der Waals surface area contributed by atoms with Crippen LogP contribution in [0.2, 0.25) is 0 Å². The number of hydrogen-bond acceptors (Lipinski definition) is 3. The van der Waals surface area contributed by atoms with Crippen LogP contribution in [-0.2, 0) is 0 Å². The van der Waals surface area contributed by atoms with Gasteiger partial charge in [0.1, 0.15) is 0 Å². The van der Waals surface area contributed by atoms with Crippen molar-refractivity contribution >= 4 is 12.6 Å². The first-order valence-electron chi connectivity index (χ1n) is 2.57. The van der Waals surface area contributed by atoms with Crippen LogP contribution in [0.25, 0.3) is 0 Å². The quantitative estimate of drug-likeness (QED) is 0.440. The minimum atomic E-state index is -1.38. The maximum absolute atomic E-state index is 8.55. The van der Waals surface area contributed by atoms with Crippen molar-refractivity contribution in [3.8, 4) is 0 Å². The Kier molecular flexibility index (Phi) is 3.64. The first-order valence-corrected chi connectivity index (χ1v) is 2.57. The lowest BCUT2D eigenvalue weighted by Crippen LogP contribution is -2.29. The summed E-state index contributed by atoms with van der Waals surface area (Å²) in [6.07, 6.45) is 3.02. The standard InChI is InChI=1S/C5H6BNO2.H2O/c8-6(9)5-1-3-7-4-2-5;/h1-4,8-9H;1H2. The first-order chi connectivity index (χ1) is 4.30. The topological polar surface area (TPSA) is 84.9 Å². The Balaban J connectivity index is 0.000000810. The summed E-state index contributed by atoms with van der Waals surface area (Å²) in [4.78, 5) is 3.71. The van der Waals surface area contributed by atoms with Gasteiger partial charge in [0.2, 0.25) is 0 Å². The molecule has 1 aromatic heterocycles. The minimum absolute atomic E-state index is 0. The van der Waals surface area contributed by atoms with Crippen LogP contribution in [0.1, 0.15) is 0 Å². The summed E-state index contributed by atoms with van der Waals surface area (Å²) < 4.78 is 0. The van der Waals surface area contributed by atoms with Gasteiger partial charge in [0.05, 0.1) is 0 Å². The largest absolute Gasteiger partial charge is 0.488 e. The summed E-state index contributed by atoms with van der Waals surface area (Å²) in [6, 6.07) is 3.09. The second-order valence-electron chi connectivity index (χ2n) is 1.65. The summed E-state index contributed by atoms with van der Waals surface area (Å²) in [7, 11) is -1.38. The molecule has 0 saturated carbocycles. The van der Waals surface area contributed by atoms with Crippen molar-refractivity contribution in [1.82, 2.24) is 4.98 Å². The summed E-state index contributed by atoms with van der Waals surface area (Å²) in [5, 5.41) is 17.1. The molecule has 0 unspecified atom stereocenters. The molecule has 0 aromatic carbocycles. The maximum atomic E-state index is 8.55. The zero-order valence-electron chi connectivity index (χ0n) is 5.23. The average molecular weight is 141 g/mol. The van der Waals surface area contributed by atoms with Crippen LogP contribution < -0.4 is 5.46 Å². The van der Waals surface area contributed by atoms with E-state index >= 15 is 0 Å². The Morgan fingerprint density at radius 2 is 1.70 bits per heavy atom. The van der Waals surface area contributed by atoms with Crippen molar-refractivity contribution in [2.24, 2.45) is 0 Å². The first kappa shape index (κ1) is 9.09. The predicted octanol–water partition coefficient (Wildman–Crippen LogP) is -2.06. The number of hydrogen-bond donors (Lipinski definition) is 2. The van der Waals surface area contributed by atoms with Gasteiger partial charge in [-0.25, -0.2) is 0 Å². The van der Waals surface area contributed by atoms with Crippen LogP contribution in [0.4, 0.5) is 0 Å². The van der Waals surface area contributed by atoms with Crippen LogP contribution in [0, 0.1) is 0 Å². The fourth-order valence-electron chi connectivity index (χ4n) is 0.536. The van der Waals surface area contributed by atoms with Crippen molar-refractivity contribution in [2.75, 3.05) is 0 Å². The molecule has 54 valence electrons. The summed E-state index contributed by atoms with van der Waals surface area (Å²) in [5.74, 6) is 0. The van der Waals surface area contributed by atoms with Gasteiger partial charge in [-0.1, -0.05) is 0 Å². The summed E-state index contributed by atoms with van der Waals surface area (Å²) >= 11 is 0. The van der Waals surface area contributed by atoms with E-state index in [1.54, 1.807) is 12.1 Å². The van der Waals surface area contributed by atoms with E-state index in [1.165, 1.54) is 12.4 Å². The molecule has 1 rings (SSSR count). The Morgan fingerprint density at radius 1 is 1.20 bits per heavy atom. The number of pyridine rings is 1. The highest BCUT2D eigenvalue weighted by atomic mass is 16.4. The molecule has 0 saturated heterocycles. The summed E-state index contributed by atoms with van der Waals surface area (Å²) in [6.45, 7) is 0. The van der Waals surface area contributed by atoms with Crippen LogP contribution >= 0.6 is 0 Å². The zero-order valence-corrected chi connectivity index (χ0v) is 5.23. The van der Waals surface area contributed by atoms with E-state index in [4.69, 9.17) is 10.0 Å². The third-order valence-electron chi connectivity index (χ3n) is 1.00. The molecule has 10 heavy (non-hydrogen) atoms. The van der Waals surface area contributed by atoms with Crippen molar-refractivity contribution in [3.63, 3.8) is 0 Å². The number of nitrogens with zero attached hydrogens (tertiary/aromatic N) is 1. The number of aromatic nitrogens is 1. The molecule has 0 aliphatic rings. The highest BCUT2D eigenvalue weighted by molar-refractivity contribution is 6.58. The van der Waals surface area contributed by atoms with Crippen LogP contribution in [-0.4, -0.2) is 27.6 Å². The van der Waals surface area contributed by atoms with E-state index in [0.717, 1.165) is 0 Å². The molecule has 1 heterocycles. The molecule has 0 amide bonds. The minimum Gasteiger partial charge on any atom is -0.423 e. The van der Waals surface area contributed by atoms with E-state index in [1.807, 2.05) is 0 Å². The van der Waals surface area contributed by atoms with Crippen LogP contribution in [0.3, 0.4) is 0 Å². The van der Waals surface area contributed by atoms with E-state index in [9.17, 15) is 0 Å².